The van der Waals surface area contributed by atoms with Gasteiger partial charge in [-0.05, 0) is 6.07 Å². The van der Waals surface area contributed by atoms with Gasteiger partial charge in [0.25, 0.3) is 5.56 Å². The molecule has 2 rings (SSSR count). The number of nitrogens with zero attached hydrogens (tertiary/aromatic N) is 2. The zero-order chi connectivity index (χ0) is 13.8. The average Bonchev–Trinajstić information content (AvgIpc) is 2.77. The Morgan fingerprint density at radius 2 is 1.94 bits per heavy atom. The predicted octanol–water partition coefficient (Wildman–Crippen LogP) is 0.590. The predicted molar refractivity (Wildman–Crippen MR) is 66.9 cm³/mol. The fourth-order valence-corrected chi connectivity index (χ4v) is 1.68. The van der Waals surface area contributed by atoms with Gasteiger partial charge in [-0.3, -0.25) is 9.89 Å². The molecule has 2 N–H and O–H groups in total. The van der Waals surface area contributed by atoms with Crippen molar-refractivity contribution in [3.8, 4) is 11.3 Å². The lowest BCUT2D eigenvalue weighted by Crippen LogP contribution is -2.07. The average molecular weight is 270 g/mol. The van der Waals surface area contributed by atoms with Crippen molar-refractivity contribution in [2.24, 2.45) is 0 Å². The topological polar surface area (TPSA) is 109 Å². The Bertz CT molecular complexity index is 672. The van der Waals surface area contributed by atoms with Crippen LogP contribution in [0.3, 0.4) is 0 Å². The van der Waals surface area contributed by atoms with Crippen molar-refractivity contribution in [3.63, 3.8) is 0 Å². The quantitative estimate of drug-likeness (QED) is 0.776. The van der Waals surface area contributed by atoms with E-state index in [1.54, 1.807) is 0 Å². The largest absolute Gasteiger partial charge is 0.305 e. The van der Waals surface area contributed by atoms with Crippen molar-refractivity contribution in [3.05, 3.63) is 28.8 Å². The summed E-state index contributed by atoms with van der Waals surface area (Å²) in [5.41, 5.74) is 0.170. The second-order valence-electron chi connectivity index (χ2n) is 3.15. The maximum atomic E-state index is 11.3. The van der Waals surface area contributed by atoms with E-state index < -0.39 is 9.84 Å². The smallest absolute Gasteiger partial charge is 0.273 e. The van der Waals surface area contributed by atoms with Crippen LogP contribution in [0.15, 0.2) is 28.4 Å². The number of rotatable bonds is 2. The number of aromatic amines is 2. The summed E-state index contributed by atoms with van der Waals surface area (Å²) in [5.74, 6) is 0. The van der Waals surface area contributed by atoms with Crippen LogP contribution < -0.4 is 5.56 Å². The first-order valence-electron chi connectivity index (χ1n) is 5.28. The third-order valence-corrected chi connectivity index (χ3v) is 2.75. The van der Waals surface area contributed by atoms with Crippen LogP contribution in [0.2, 0.25) is 0 Å². The minimum Gasteiger partial charge on any atom is -0.305 e. The maximum Gasteiger partial charge on any atom is 0.273 e. The van der Waals surface area contributed by atoms with Crippen molar-refractivity contribution in [1.29, 1.82) is 0 Å². The third kappa shape index (κ3) is 3.04. The molecule has 0 aliphatic carbocycles. The van der Waals surface area contributed by atoms with Crippen molar-refractivity contribution in [2.45, 2.75) is 19.0 Å². The summed E-state index contributed by atoms with van der Waals surface area (Å²) < 4.78 is 22.4. The van der Waals surface area contributed by atoms with Gasteiger partial charge in [-0.25, -0.2) is 18.4 Å². The lowest BCUT2D eigenvalue weighted by Gasteiger charge is -1.98. The molecule has 0 aliphatic heterocycles. The van der Waals surface area contributed by atoms with Gasteiger partial charge in [0.1, 0.15) is 0 Å². The number of aromatic nitrogens is 4. The fourth-order valence-electron chi connectivity index (χ4n) is 1.17. The van der Waals surface area contributed by atoms with E-state index in [1.807, 2.05) is 13.8 Å². The molecular formula is C10H14N4O3S. The Hall–Kier alpha value is -1.96. The summed E-state index contributed by atoms with van der Waals surface area (Å²) in [5, 5.41) is 4.54. The van der Waals surface area contributed by atoms with E-state index in [1.165, 1.54) is 18.5 Å². The number of nitrogens with one attached hydrogen (secondary N) is 2. The maximum absolute atomic E-state index is 11.3. The Morgan fingerprint density at radius 3 is 2.44 bits per heavy atom. The third-order valence-electron chi connectivity index (χ3n) is 1.89. The first kappa shape index (κ1) is 14.1. The highest BCUT2D eigenvalue weighted by Crippen LogP contribution is 2.11. The van der Waals surface area contributed by atoms with Crippen LogP contribution in [0.25, 0.3) is 11.3 Å². The molecular weight excluding hydrogens is 256 g/mol. The van der Waals surface area contributed by atoms with Crippen LogP contribution in [0.4, 0.5) is 0 Å². The molecule has 0 aliphatic rings. The van der Waals surface area contributed by atoms with E-state index in [0.717, 1.165) is 6.26 Å². The number of hydrogen-bond acceptors (Lipinski definition) is 5. The molecule has 98 valence electrons. The van der Waals surface area contributed by atoms with Crippen molar-refractivity contribution < 1.29 is 8.42 Å². The zero-order valence-electron chi connectivity index (χ0n) is 10.3. The molecule has 0 spiro atoms. The SMILES string of the molecule is CC.CS(=O)(=O)c1nccc(-c2c[nH][nH]c2=O)n1. The summed E-state index contributed by atoms with van der Waals surface area (Å²) in [6.07, 6.45) is 3.72. The Balaban J connectivity index is 0.000000771. The Morgan fingerprint density at radius 1 is 1.28 bits per heavy atom. The van der Waals surface area contributed by atoms with E-state index in [0.29, 0.717) is 0 Å². The number of H-pyrrole nitrogens is 2. The number of sulfone groups is 1. The second-order valence-corrected chi connectivity index (χ2v) is 5.06. The van der Waals surface area contributed by atoms with Gasteiger partial charge in [0.15, 0.2) is 0 Å². The molecule has 2 aromatic rings. The van der Waals surface area contributed by atoms with Crippen LogP contribution in [0.5, 0.6) is 0 Å². The molecule has 8 heteroatoms. The molecule has 2 heterocycles. The van der Waals surface area contributed by atoms with Crippen LogP contribution in [-0.2, 0) is 9.84 Å². The Kier molecular flexibility index (Phi) is 4.38. The van der Waals surface area contributed by atoms with E-state index in [2.05, 4.69) is 20.2 Å². The van der Waals surface area contributed by atoms with Crippen LogP contribution in [-0.4, -0.2) is 34.8 Å². The van der Waals surface area contributed by atoms with Gasteiger partial charge in [-0.15, -0.1) is 0 Å². The van der Waals surface area contributed by atoms with E-state index in [4.69, 9.17) is 0 Å². The molecule has 0 aromatic carbocycles. The standard InChI is InChI=1S/C8H8N4O3S.C2H6/c1-16(14,15)8-9-3-2-6(11-8)5-4-10-12-7(5)13;1-2/h2-4H,1H3,(H2,10,12,13);1-2H3. The molecule has 18 heavy (non-hydrogen) atoms. The molecule has 7 nitrogen and oxygen atoms in total. The molecule has 0 atom stereocenters. The normalized spacial score (nSPS) is 10.6. The summed E-state index contributed by atoms with van der Waals surface area (Å²) in [6.45, 7) is 4.00. The van der Waals surface area contributed by atoms with Crippen molar-refractivity contribution in [2.75, 3.05) is 6.26 Å². The molecule has 0 amide bonds. The molecule has 0 bridgehead atoms. The van der Waals surface area contributed by atoms with E-state index >= 15 is 0 Å². The molecule has 2 aromatic heterocycles. The minimum atomic E-state index is -3.47. The number of hydrogen-bond donors (Lipinski definition) is 2. The molecule has 0 fully saturated rings. The molecule has 0 saturated carbocycles. The van der Waals surface area contributed by atoms with E-state index in [9.17, 15) is 13.2 Å². The Labute approximate surface area is 104 Å². The molecule has 0 saturated heterocycles. The van der Waals surface area contributed by atoms with Crippen LogP contribution >= 0.6 is 0 Å². The van der Waals surface area contributed by atoms with Gasteiger partial charge in [-0.1, -0.05) is 13.8 Å². The van der Waals surface area contributed by atoms with Crippen molar-refractivity contribution >= 4 is 9.84 Å². The fraction of sp³-hybridized carbons (Fsp3) is 0.300. The van der Waals surface area contributed by atoms with Gasteiger partial charge >= 0.3 is 0 Å². The molecule has 0 unspecified atom stereocenters. The summed E-state index contributed by atoms with van der Waals surface area (Å²) >= 11 is 0. The first-order valence-corrected chi connectivity index (χ1v) is 7.17. The second kappa shape index (κ2) is 5.58. The first-order chi connectivity index (χ1) is 8.48. The lowest BCUT2D eigenvalue weighted by molar-refractivity contribution is 0.593. The monoisotopic (exact) mass is 270 g/mol. The minimum absolute atomic E-state index is 0.262. The highest BCUT2D eigenvalue weighted by molar-refractivity contribution is 7.90. The van der Waals surface area contributed by atoms with Gasteiger partial charge in [0.2, 0.25) is 15.0 Å². The van der Waals surface area contributed by atoms with Crippen LogP contribution in [0.1, 0.15) is 13.8 Å². The van der Waals surface area contributed by atoms with Gasteiger partial charge in [0, 0.05) is 18.6 Å². The van der Waals surface area contributed by atoms with E-state index in [-0.39, 0.29) is 22.0 Å². The zero-order valence-corrected chi connectivity index (χ0v) is 11.1. The summed E-state index contributed by atoms with van der Waals surface area (Å²) in [4.78, 5) is 18.7. The highest BCUT2D eigenvalue weighted by Gasteiger charge is 2.13. The summed E-state index contributed by atoms with van der Waals surface area (Å²) in [7, 11) is -3.47. The van der Waals surface area contributed by atoms with Gasteiger partial charge in [0.05, 0.1) is 11.3 Å². The summed E-state index contributed by atoms with van der Waals surface area (Å²) in [6, 6.07) is 1.47. The van der Waals surface area contributed by atoms with Gasteiger partial charge < -0.3 is 5.10 Å². The lowest BCUT2D eigenvalue weighted by atomic mass is 10.2. The highest BCUT2D eigenvalue weighted by atomic mass is 32.2. The van der Waals surface area contributed by atoms with Crippen molar-refractivity contribution in [1.82, 2.24) is 20.2 Å². The van der Waals surface area contributed by atoms with Gasteiger partial charge in [-0.2, -0.15) is 0 Å². The molecule has 0 radical (unpaired) electrons. The van der Waals surface area contributed by atoms with Crippen LogP contribution in [0, 0.1) is 0 Å².